The van der Waals surface area contributed by atoms with Crippen LogP contribution in [0.2, 0.25) is 0 Å². The lowest BCUT2D eigenvalue weighted by Gasteiger charge is -2.16. The molecule has 31 heavy (non-hydrogen) atoms. The maximum absolute atomic E-state index is 12.3. The SMILES string of the molecule is CNC(=O)c1nnc(NC(=O)C2CC2)cc1Nc1cccc(-c2ccncn2)c1OC. The molecule has 0 atom stereocenters. The van der Waals surface area contributed by atoms with Crippen LogP contribution in [0.3, 0.4) is 0 Å². The molecule has 0 spiro atoms. The largest absolute Gasteiger partial charge is 0.494 e. The lowest BCUT2D eigenvalue weighted by molar-refractivity contribution is -0.117. The molecular formula is C21H21N7O3. The lowest BCUT2D eigenvalue weighted by Crippen LogP contribution is -2.22. The molecule has 0 radical (unpaired) electrons. The van der Waals surface area contributed by atoms with Gasteiger partial charge in [0, 0.05) is 30.8 Å². The first-order valence-corrected chi connectivity index (χ1v) is 9.71. The first-order valence-electron chi connectivity index (χ1n) is 9.71. The Labute approximate surface area is 178 Å². The molecule has 158 valence electrons. The zero-order valence-corrected chi connectivity index (χ0v) is 17.0. The summed E-state index contributed by atoms with van der Waals surface area (Å²) < 4.78 is 5.64. The van der Waals surface area contributed by atoms with Gasteiger partial charge in [-0.1, -0.05) is 6.07 Å². The zero-order chi connectivity index (χ0) is 21.8. The van der Waals surface area contributed by atoms with Crippen LogP contribution < -0.4 is 20.7 Å². The molecule has 0 aliphatic heterocycles. The smallest absolute Gasteiger partial charge is 0.273 e. The molecule has 1 aromatic carbocycles. The Morgan fingerprint density at radius 2 is 1.97 bits per heavy atom. The summed E-state index contributed by atoms with van der Waals surface area (Å²) in [4.78, 5) is 32.7. The molecule has 3 aromatic rings. The number of hydrogen-bond donors (Lipinski definition) is 3. The van der Waals surface area contributed by atoms with E-state index in [1.165, 1.54) is 13.4 Å². The summed E-state index contributed by atoms with van der Waals surface area (Å²) in [6.45, 7) is 0. The monoisotopic (exact) mass is 419 g/mol. The van der Waals surface area contributed by atoms with Crippen LogP contribution in [0.15, 0.2) is 42.9 Å². The Hall–Kier alpha value is -4.08. The summed E-state index contributed by atoms with van der Waals surface area (Å²) >= 11 is 0. The third kappa shape index (κ3) is 4.42. The minimum atomic E-state index is -0.416. The fourth-order valence-corrected chi connectivity index (χ4v) is 3.06. The molecule has 0 unspecified atom stereocenters. The van der Waals surface area contributed by atoms with Crippen molar-refractivity contribution < 1.29 is 14.3 Å². The molecule has 2 amide bonds. The molecule has 0 bridgehead atoms. The van der Waals surface area contributed by atoms with Gasteiger partial charge in [0.25, 0.3) is 5.91 Å². The van der Waals surface area contributed by atoms with E-state index in [0.717, 1.165) is 18.4 Å². The maximum atomic E-state index is 12.3. The first-order chi connectivity index (χ1) is 15.1. The van der Waals surface area contributed by atoms with Crippen LogP contribution in [0.5, 0.6) is 5.75 Å². The Bertz CT molecular complexity index is 1120. The van der Waals surface area contributed by atoms with Gasteiger partial charge in [0.15, 0.2) is 17.3 Å². The second kappa shape index (κ2) is 8.74. The summed E-state index contributed by atoms with van der Waals surface area (Å²) in [5.74, 6) is 0.293. The van der Waals surface area contributed by atoms with Crippen LogP contribution >= 0.6 is 0 Å². The Balaban J connectivity index is 1.71. The third-order valence-electron chi connectivity index (χ3n) is 4.78. The van der Waals surface area contributed by atoms with Crippen molar-refractivity contribution in [3.63, 3.8) is 0 Å². The third-order valence-corrected chi connectivity index (χ3v) is 4.78. The lowest BCUT2D eigenvalue weighted by atomic mass is 10.1. The number of carbonyl (C=O) groups excluding carboxylic acids is 2. The van der Waals surface area contributed by atoms with E-state index in [0.29, 0.717) is 22.8 Å². The van der Waals surface area contributed by atoms with E-state index < -0.39 is 5.91 Å². The minimum Gasteiger partial charge on any atom is -0.494 e. The van der Waals surface area contributed by atoms with Gasteiger partial charge in [-0.25, -0.2) is 9.97 Å². The number of nitrogens with one attached hydrogen (secondary N) is 3. The fourth-order valence-electron chi connectivity index (χ4n) is 3.06. The highest BCUT2D eigenvalue weighted by molar-refractivity contribution is 6.00. The Kier molecular flexibility index (Phi) is 5.69. The van der Waals surface area contributed by atoms with Crippen LogP contribution in [0.1, 0.15) is 23.3 Å². The van der Waals surface area contributed by atoms with Gasteiger partial charge >= 0.3 is 0 Å². The molecule has 2 aromatic heterocycles. The topological polar surface area (TPSA) is 131 Å². The average molecular weight is 419 g/mol. The molecule has 10 heteroatoms. The van der Waals surface area contributed by atoms with Crippen molar-refractivity contribution in [2.24, 2.45) is 5.92 Å². The fraction of sp³-hybridized carbons (Fsp3) is 0.238. The summed E-state index contributed by atoms with van der Waals surface area (Å²) in [6, 6.07) is 8.87. The highest BCUT2D eigenvalue weighted by Gasteiger charge is 2.30. The molecule has 3 N–H and O–H groups in total. The molecule has 1 aliphatic rings. The number of carbonyl (C=O) groups is 2. The van der Waals surface area contributed by atoms with Crippen molar-refractivity contribution in [2.75, 3.05) is 24.8 Å². The normalized spacial score (nSPS) is 12.7. The van der Waals surface area contributed by atoms with Crippen LogP contribution in [0.4, 0.5) is 17.2 Å². The van der Waals surface area contributed by atoms with Crippen molar-refractivity contribution in [2.45, 2.75) is 12.8 Å². The number of benzene rings is 1. The van der Waals surface area contributed by atoms with E-state index >= 15 is 0 Å². The molecule has 1 aliphatic carbocycles. The molecule has 2 heterocycles. The number of nitrogens with zero attached hydrogens (tertiary/aromatic N) is 4. The van der Waals surface area contributed by atoms with Crippen molar-refractivity contribution in [1.82, 2.24) is 25.5 Å². The summed E-state index contributed by atoms with van der Waals surface area (Å²) in [6.07, 6.45) is 4.84. The maximum Gasteiger partial charge on any atom is 0.273 e. The second-order valence-corrected chi connectivity index (χ2v) is 6.94. The van der Waals surface area contributed by atoms with E-state index in [1.54, 1.807) is 31.5 Å². The predicted octanol–water partition coefficient (Wildman–Crippen LogP) is 2.39. The van der Waals surface area contributed by atoms with E-state index in [4.69, 9.17) is 4.74 Å². The van der Waals surface area contributed by atoms with E-state index in [2.05, 4.69) is 36.1 Å². The second-order valence-electron chi connectivity index (χ2n) is 6.94. The molecular weight excluding hydrogens is 398 g/mol. The molecule has 0 saturated heterocycles. The van der Waals surface area contributed by atoms with Crippen molar-refractivity contribution in [1.29, 1.82) is 0 Å². The van der Waals surface area contributed by atoms with Crippen LogP contribution in [0.25, 0.3) is 11.3 Å². The minimum absolute atomic E-state index is 0.0152. The van der Waals surface area contributed by atoms with Gasteiger partial charge in [0.1, 0.15) is 6.33 Å². The number of anilines is 3. The van der Waals surface area contributed by atoms with Gasteiger partial charge in [-0.05, 0) is 31.0 Å². The van der Waals surface area contributed by atoms with Gasteiger partial charge in [-0.15, -0.1) is 10.2 Å². The predicted molar refractivity (Wildman–Crippen MR) is 114 cm³/mol. The van der Waals surface area contributed by atoms with Crippen LogP contribution in [0, 0.1) is 5.92 Å². The van der Waals surface area contributed by atoms with Gasteiger partial charge < -0.3 is 20.7 Å². The summed E-state index contributed by atoms with van der Waals surface area (Å²) in [5, 5.41) is 16.5. The molecule has 1 saturated carbocycles. The number of rotatable bonds is 7. The van der Waals surface area contributed by atoms with Gasteiger partial charge in [0.05, 0.1) is 24.2 Å². The van der Waals surface area contributed by atoms with E-state index in [-0.39, 0.29) is 23.3 Å². The van der Waals surface area contributed by atoms with Crippen molar-refractivity contribution >= 4 is 29.0 Å². The highest BCUT2D eigenvalue weighted by atomic mass is 16.5. The first kappa shape index (κ1) is 20.2. The standard InChI is InChI=1S/C21H21N7O3/c1-22-21(30)18-16(10-17(27-28-18)26-20(29)12-6-7-12)25-15-5-3-4-13(19(15)31-2)14-8-9-23-11-24-14/h3-5,8-12H,6-7H2,1-2H3,(H,22,30)(H2,25,26,27,29). The average Bonchev–Trinajstić information content (AvgIpc) is 3.65. The number of para-hydroxylation sites is 1. The highest BCUT2D eigenvalue weighted by Crippen LogP contribution is 2.37. The van der Waals surface area contributed by atoms with Gasteiger partial charge in [0.2, 0.25) is 5.91 Å². The van der Waals surface area contributed by atoms with Crippen molar-refractivity contribution in [3.05, 3.63) is 48.5 Å². The van der Waals surface area contributed by atoms with Gasteiger partial charge in [-0.3, -0.25) is 9.59 Å². The van der Waals surface area contributed by atoms with E-state index in [9.17, 15) is 9.59 Å². The molecule has 1 fully saturated rings. The zero-order valence-electron chi connectivity index (χ0n) is 17.0. The summed E-state index contributed by atoms with van der Waals surface area (Å²) in [5.41, 5.74) is 2.49. The number of amides is 2. The Morgan fingerprint density at radius 3 is 2.65 bits per heavy atom. The number of methoxy groups -OCH3 is 1. The number of hydrogen-bond acceptors (Lipinski definition) is 8. The van der Waals surface area contributed by atoms with Crippen LogP contribution in [-0.2, 0) is 4.79 Å². The summed E-state index contributed by atoms with van der Waals surface area (Å²) in [7, 11) is 3.06. The number of aromatic nitrogens is 4. The molecule has 10 nitrogen and oxygen atoms in total. The van der Waals surface area contributed by atoms with Gasteiger partial charge in [-0.2, -0.15) is 0 Å². The molecule has 4 rings (SSSR count). The van der Waals surface area contributed by atoms with E-state index in [1.807, 2.05) is 12.1 Å². The quantitative estimate of drug-likeness (QED) is 0.532. The number of ether oxygens (including phenoxy) is 1. The Morgan fingerprint density at radius 1 is 1.13 bits per heavy atom. The van der Waals surface area contributed by atoms with Crippen molar-refractivity contribution in [3.8, 4) is 17.0 Å². The van der Waals surface area contributed by atoms with Crippen LogP contribution in [-0.4, -0.2) is 46.1 Å².